The molecule has 0 bridgehead atoms. The number of hydrogen-bond acceptors (Lipinski definition) is 15. The number of ether oxygens (including phenoxy) is 4. The molecule has 0 spiro atoms. The molecule has 0 fully saturated rings. The zero-order valence-corrected chi connectivity index (χ0v) is 68.0. The van der Waals surface area contributed by atoms with Crippen molar-refractivity contribution in [3.8, 4) is 0 Å². The molecular formula is C82H160O17P2. The molecule has 0 rings (SSSR count). The highest BCUT2D eigenvalue weighted by molar-refractivity contribution is 7.47. The number of carbonyl (C=O) groups excluding carboxylic acids is 4. The van der Waals surface area contributed by atoms with Gasteiger partial charge in [-0.2, -0.15) is 0 Å². The number of phosphoric acid groups is 2. The number of rotatable bonds is 81. The molecule has 5 atom stereocenters. The number of carbonyl (C=O) groups is 4. The summed E-state index contributed by atoms with van der Waals surface area (Å²) in [6.45, 7) is 9.61. The van der Waals surface area contributed by atoms with E-state index in [2.05, 4.69) is 41.5 Å². The van der Waals surface area contributed by atoms with Gasteiger partial charge in [-0.15, -0.1) is 0 Å². The Kier molecular flexibility index (Phi) is 72.2. The topological polar surface area (TPSA) is 237 Å². The van der Waals surface area contributed by atoms with Crippen LogP contribution in [-0.2, 0) is 65.4 Å². The van der Waals surface area contributed by atoms with Crippen molar-refractivity contribution < 1.29 is 80.2 Å². The van der Waals surface area contributed by atoms with Gasteiger partial charge in [0.25, 0.3) is 0 Å². The smallest absolute Gasteiger partial charge is 0.462 e. The molecule has 0 aromatic rings. The molecule has 0 aliphatic rings. The maximum absolute atomic E-state index is 13.1. The fraction of sp³-hybridized carbons (Fsp3) is 0.951. The first-order valence-corrected chi connectivity index (χ1v) is 45.5. The van der Waals surface area contributed by atoms with Gasteiger partial charge in [-0.05, 0) is 37.5 Å². The van der Waals surface area contributed by atoms with Crippen LogP contribution in [0.4, 0.5) is 0 Å². The number of aliphatic hydroxyl groups excluding tert-OH is 1. The fourth-order valence-electron chi connectivity index (χ4n) is 12.7. The van der Waals surface area contributed by atoms with Gasteiger partial charge >= 0.3 is 39.5 Å². The summed E-state index contributed by atoms with van der Waals surface area (Å²) in [6, 6.07) is 0. The lowest BCUT2D eigenvalue weighted by molar-refractivity contribution is -0.161. The summed E-state index contributed by atoms with van der Waals surface area (Å²) in [4.78, 5) is 73.1. The zero-order chi connectivity index (χ0) is 74.2. The Labute approximate surface area is 619 Å². The van der Waals surface area contributed by atoms with Gasteiger partial charge in [0, 0.05) is 25.7 Å². The van der Waals surface area contributed by atoms with Crippen LogP contribution in [0, 0.1) is 11.8 Å². The minimum atomic E-state index is -4.96. The van der Waals surface area contributed by atoms with Gasteiger partial charge in [-0.25, -0.2) is 9.13 Å². The Morgan fingerprint density at radius 1 is 0.267 bits per heavy atom. The molecule has 0 aliphatic carbocycles. The van der Waals surface area contributed by atoms with E-state index in [1.807, 2.05) is 0 Å². The van der Waals surface area contributed by atoms with Crippen LogP contribution in [0.1, 0.15) is 433 Å². The zero-order valence-electron chi connectivity index (χ0n) is 66.2. The van der Waals surface area contributed by atoms with E-state index in [-0.39, 0.29) is 25.7 Å². The van der Waals surface area contributed by atoms with E-state index >= 15 is 0 Å². The summed E-state index contributed by atoms with van der Waals surface area (Å²) in [7, 11) is -9.92. The highest BCUT2D eigenvalue weighted by atomic mass is 31.2. The molecule has 0 heterocycles. The van der Waals surface area contributed by atoms with E-state index in [1.54, 1.807) is 0 Å². The lowest BCUT2D eigenvalue weighted by atomic mass is 10.0. The van der Waals surface area contributed by atoms with Crippen LogP contribution in [0.5, 0.6) is 0 Å². The van der Waals surface area contributed by atoms with E-state index in [4.69, 9.17) is 37.0 Å². The highest BCUT2D eigenvalue weighted by Gasteiger charge is 2.30. The maximum Gasteiger partial charge on any atom is 0.472 e. The quantitative estimate of drug-likeness (QED) is 0.0222. The van der Waals surface area contributed by atoms with Gasteiger partial charge in [-0.3, -0.25) is 37.3 Å². The number of unbranched alkanes of at least 4 members (excludes halogenated alkanes) is 51. The molecule has 17 nitrogen and oxygen atoms in total. The highest BCUT2D eigenvalue weighted by Crippen LogP contribution is 2.45. The van der Waals surface area contributed by atoms with Crippen LogP contribution in [0.15, 0.2) is 0 Å². The number of aliphatic hydroxyl groups is 1. The van der Waals surface area contributed by atoms with E-state index in [0.717, 1.165) is 102 Å². The van der Waals surface area contributed by atoms with Crippen LogP contribution in [0.2, 0.25) is 0 Å². The second-order valence-corrected chi connectivity index (χ2v) is 33.4. The van der Waals surface area contributed by atoms with Crippen molar-refractivity contribution in [1.29, 1.82) is 0 Å². The van der Waals surface area contributed by atoms with Crippen molar-refractivity contribution in [2.24, 2.45) is 11.8 Å². The third-order valence-electron chi connectivity index (χ3n) is 19.2. The maximum atomic E-state index is 13.1. The molecule has 600 valence electrons. The summed E-state index contributed by atoms with van der Waals surface area (Å²) in [5, 5.41) is 10.6. The molecule has 0 radical (unpaired) electrons. The monoisotopic (exact) mass is 1480 g/mol. The van der Waals surface area contributed by atoms with Crippen LogP contribution in [0.3, 0.4) is 0 Å². The summed E-state index contributed by atoms with van der Waals surface area (Å²) in [6.07, 6.45) is 63.9. The Hall–Kier alpha value is -1.94. The number of hydrogen-bond donors (Lipinski definition) is 3. The summed E-state index contributed by atoms with van der Waals surface area (Å²) in [5.41, 5.74) is 0. The van der Waals surface area contributed by atoms with E-state index in [0.29, 0.717) is 31.6 Å². The average Bonchev–Trinajstić information content (AvgIpc) is 0.936. The minimum absolute atomic E-state index is 0.108. The van der Waals surface area contributed by atoms with E-state index in [1.165, 1.54) is 244 Å². The lowest BCUT2D eigenvalue weighted by Gasteiger charge is -2.21. The van der Waals surface area contributed by atoms with Crippen molar-refractivity contribution in [1.82, 2.24) is 0 Å². The van der Waals surface area contributed by atoms with Gasteiger partial charge in [-0.1, -0.05) is 382 Å². The van der Waals surface area contributed by atoms with Crippen molar-refractivity contribution in [3.63, 3.8) is 0 Å². The van der Waals surface area contributed by atoms with Gasteiger partial charge in [0.05, 0.1) is 26.4 Å². The number of phosphoric ester groups is 2. The molecule has 0 amide bonds. The fourth-order valence-corrected chi connectivity index (χ4v) is 14.3. The van der Waals surface area contributed by atoms with Crippen molar-refractivity contribution in [3.05, 3.63) is 0 Å². The first kappa shape index (κ1) is 99.1. The lowest BCUT2D eigenvalue weighted by Crippen LogP contribution is -2.30. The third-order valence-corrected chi connectivity index (χ3v) is 21.1. The van der Waals surface area contributed by atoms with E-state index in [9.17, 15) is 43.2 Å². The van der Waals surface area contributed by atoms with Gasteiger partial charge < -0.3 is 33.8 Å². The Morgan fingerprint density at radius 3 is 0.673 bits per heavy atom. The molecule has 101 heavy (non-hydrogen) atoms. The molecule has 0 saturated carbocycles. The molecular weight excluding hydrogens is 1320 g/mol. The third kappa shape index (κ3) is 76.1. The molecule has 3 N–H and O–H groups in total. The molecule has 0 aromatic heterocycles. The predicted octanol–water partition coefficient (Wildman–Crippen LogP) is 24.7. The Bertz CT molecular complexity index is 1940. The van der Waals surface area contributed by atoms with Crippen LogP contribution < -0.4 is 0 Å². The Morgan fingerprint density at radius 2 is 0.455 bits per heavy atom. The second-order valence-electron chi connectivity index (χ2n) is 30.5. The van der Waals surface area contributed by atoms with Crippen LogP contribution in [0.25, 0.3) is 0 Å². The normalized spacial score (nSPS) is 13.9. The predicted molar refractivity (Wildman–Crippen MR) is 414 cm³/mol. The SMILES string of the molecule is CCCCCCCCCCCCCCCCCCCCCC(=O)O[C@H](COC(=O)CCCCCCCCCCCCCCCC(C)C)COP(=O)(O)OC[C@@H](O)COP(=O)(O)OC[C@@H](COC(=O)CCCCCCCCCC(C)C)OC(=O)CCCCCCCCCCCCCCCCCC. The summed E-state index contributed by atoms with van der Waals surface area (Å²) >= 11 is 0. The average molecular weight is 1480 g/mol. The molecule has 2 unspecified atom stereocenters. The second kappa shape index (κ2) is 73.6. The first-order valence-electron chi connectivity index (χ1n) is 42.5. The molecule has 0 saturated heterocycles. The van der Waals surface area contributed by atoms with Crippen molar-refractivity contribution in [2.75, 3.05) is 39.6 Å². The molecule has 0 aliphatic heterocycles. The van der Waals surface area contributed by atoms with Crippen LogP contribution in [-0.4, -0.2) is 96.7 Å². The molecule has 19 heteroatoms. The molecule has 0 aromatic carbocycles. The van der Waals surface area contributed by atoms with Gasteiger partial charge in [0.1, 0.15) is 19.3 Å². The van der Waals surface area contributed by atoms with Gasteiger partial charge in [0.15, 0.2) is 12.2 Å². The van der Waals surface area contributed by atoms with Crippen molar-refractivity contribution in [2.45, 2.75) is 452 Å². The minimum Gasteiger partial charge on any atom is -0.462 e. The number of esters is 4. The van der Waals surface area contributed by atoms with Gasteiger partial charge in [0.2, 0.25) is 0 Å². The Balaban J connectivity index is 5.24. The standard InChI is InChI=1S/C82H160O17P2/c1-7-9-11-13-15-17-19-21-23-25-26-27-29-33-38-42-48-55-61-66-81(86)98-77(70-92-79(84)64-58-52-46-40-36-34-30-31-35-39-44-50-56-62-74(3)4)72-96-100(88,89)94-68-76(83)69-95-101(90,91)97-73-78(71-93-80(85)65-59-53-49-43-45-51-57-63-75(5)6)99-82(87)67-60-54-47-41-37-32-28-24-22-20-18-16-14-12-10-8-2/h74-78,83H,7-73H2,1-6H3,(H,88,89)(H,90,91)/t76-,77-,78-/m1/s1. The van der Waals surface area contributed by atoms with Crippen molar-refractivity contribution >= 4 is 39.5 Å². The van der Waals surface area contributed by atoms with E-state index < -0.39 is 97.5 Å². The summed E-state index contributed by atoms with van der Waals surface area (Å²) < 4.78 is 68.8. The van der Waals surface area contributed by atoms with Crippen LogP contribution >= 0.6 is 15.6 Å². The summed E-state index contributed by atoms with van der Waals surface area (Å²) in [5.74, 6) is -0.611. The first-order chi connectivity index (χ1) is 48.9. The largest absolute Gasteiger partial charge is 0.472 e.